The van der Waals surface area contributed by atoms with E-state index >= 15 is 0 Å². The van der Waals surface area contributed by atoms with Crippen LogP contribution in [0.25, 0.3) is 6.08 Å². The lowest BCUT2D eigenvalue weighted by atomic mass is 10.1. The van der Waals surface area contributed by atoms with Crippen molar-refractivity contribution in [2.24, 2.45) is 0 Å². The number of anilines is 1. The topological polar surface area (TPSA) is 114 Å². The van der Waals surface area contributed by atoms with Crippen molar-refractivity contribution in [2.75, 3.05) is 11.9 Å². The molecule has 10 heteroatoms. The lowest BCUT2D eigenvalue weighted by molar-refractivity contribution is -0.124. The molecule has 0 aliphatic carbocycles. The number of hydrogen-bond acceptors (Lipinski definition) is 5. The Labute approximate surface area is 194 Å². The number of benzene rings is 2. The number of amides is 5. The van der Waals surface area contributed by atoms with Gasteiger partial charge >= 0.3 is 6.03 Å². The lowest BCUT2D eigenvalue weighted by Crippen LogP contribution is -2.51. The summed E-state index contributed by atoms with van der Waals surface area (Å²) in [5.74, 6) is -1.52. The average Bonchev–Trinajstić information content (AvgIpc) is 2.67. The molecule has 2 aromatic rings. The second-order valence-electron chi connectivity index (χ2n) is 6.74. The summed E-state index contributed by atoms with van der Waals surface area (Å²) in [5, 5.41) is 6.80. The van der Waals surface area contributed by atoms with E-state index in [0.717, 1.165) is 11.1 Å². The van der Waals surface area contributed by atoms with Crippen molar-refractivity contribution in [2.45, 2.75) is 13.8 Å². The molecule has 2 aromatic carbocycles. The van der Waals surface area contributed by atoms with Crippen molar-refractivity contribution in [1.82, 2.24) is 10.6 Å². The van der Waals surface area contributed by atoms with Gasteiger partial charge in [0.2, 0.25) is 0 Å². The smallest absolute Gasteiger partial charge is 0.328 e. The number of rotatable bonds is 5. The molecule has 31 heavy (non-hydrogen) atoms. The zero-order chi connectivity index (χ0) is 22.7. The normalized spacial score (nSPS) is 13.4. The first-order chi connectivity index (χ1) is 14.6. The molecule has 1 saturated heterocycles. The number of carbonyl (C=O) groups is 4. The van der Waals surface area contributed by atoms with Gasteiger partial charge < -0.3 is 10.1 Å². The van der Waals surface area contributed by atoms with E-state index in [-0.39, 0.29) is 18.1 Å². The van der Waals surface area contributed by atoms with Gasteiger partial charge in [-0.05, 0) is 92.7 Å². The highest BCUT2D eigenvalue weighted by Crippen LogP contribution is 2.35. The third-order valence-corrected chi connectivity index (χ3v) is 5.59. The molecular formula is C21H17Br2N3O5. The molecule has 1 aliphatic rings. The molecule has 0 spiro atoms. The number of ether oxygens (including phenoxy) is 1. The summed E-state index contributed by atoms with van der Waals surface area (Å²) in [6, 6.07) is 8.00. The molecule has 1 aliphatic heterocycles. The van der Waals surface area contributed by atoms with E-state index in [1.54, 1.807) is 12.1 Å². The summed E-state index contributed by atoms with van der Waals surface area (Å²) in [4.78, 5) is 47.1. The Morgan fingerprint density at radius 1 is 1.00 bits per heavy atom. The Balaban J connectivity index is 1.70. The van der Waals surface area contributed by atoms with Gasteiger partial charge in [-0.3, -0.25) is 25.0 Å². The predicted molar refractivity (Wildman–Crippen MR) is 122 cm³/mol. The maximum Gasteiger partial charge on any atom is 0.328 e. The van der Waals surface area contributed by atoms with Gasteiger partial charge in [0.1, 0.15) is 11.3 Å². The summed E-state index contributed by atoms with van der Waals surface area (Å²) in [7, 11) is 0. The van der Waals surface area contributed by atoms with Gasteiger partial charge in [-0.1, -0.05) is 6.07 Å². The molecule has 1 heterocycles. The van der Waals surface area contributed by atoms with Crippen LogP contribution in [0.2, 0.25) is 0 Å². The van der Waals surface area contributed by atoms with Gasteiger partial charge in [0, 0.05) is 5.69 Å². The van der Waals surface area contributed by atoms with Gasteiger partial charge in [0.05, 0.1) is 8.95 Å². The van der Waals surface area contributed by atoms with Crippen LogP contribution in [0.3, 0.4) is 0 Å². The molecule has 0 radical (unpaired) electrons. The zero-order valence-corrected chi connectivity index (χ0v) is 19.6. The van der Waals surface area contributed by atoms with Crippen LogP contribution in [0.1, 0.15) is 16.7 Å². The van der Waals surface area contributed by atoms with E-state index in [4.69, 9.17) is 4.74 Å². The quantitative estimate of drug-likeness (QED) is 0.389. The van der Waals surface area contributed by atoms with Gasteiger partial charge in [-0.2, -0.15) is 0 Å². The maximum absolute atomic E-state index is 12.2. The van der Waals surface area contributed by atoms with E-state index in [1.165, 1.54) is 6.08 Å². The van der Waals surface area contributed by atoms with Gasteiger partial charge in [-0.15, -0.1) is 0 Å². The molecule has 8 nitrogen and oxygen atoms in total. The van der Waals surface area contributed by atoms with Crippen molar-refractivity contribution in [3.63, 3.8) is 0 Å². The Hall–Kier alpha value is -2.98. The fraction of sp³-hybridized carbons (Fsp3) is 0.143. The second kappa shape index (κ2) is 9.44. The van der Waals surface area contributed by atoms with Crippen LogP contribution in [0.5, 0.6) is 5.75 Å². The summed E-state index contributed by atoms with van der Waals surface area (Å²) in [6.45, 7) is 3.73. The molecule has 3 rings (SSSR count). The second-order valence-corrected chi connectivity index (χ2v) is 8.45. The maximum atomic E-state index is 12.2. The predicted octanol–water partition coefficient (Wildman–Crippen LogP) is 3.60. The molecule has 160 valence electrons. The molecule has 5 amide bonds. The third-order valence-electron chi connectivity index (χ3n) is 4.41. The van der Waals surface area contributed by atoms with E-state index in [9.17, 15) is 19.2 Å². The van der Waals surface area contributed by atoms with Crippen LogP contribution in [0.15, 0.2) is 44.9 Å². The largest absolute Gasteiger partial charge is 0.481 e. The van der Waals surface area contributed by atoms with Crippen molar-refractivity contribution < 1.29 is 23.9 Å². The van der Waals surface area contributed by atoms with Crippen LogP contribution in [0, 0.1) is 13.8 Å². The molecular weight excluding hydrogens is 534 g/mol. The number of urea groups is 1. The highest BCUT2D eigenvalue weighted by Gasteiger charge is 2.27. The minimum Gasteiger partial charge on any atom is -0.481 e. The fourth-order valence-electron chi connectivity index (χ4n) is 2.73. The van der Waals surface area contributed by atoms with E-state index in [2.05, 4.69) is 37.2 Å². The average molecular weight is 551 g/mol. The molecule has 1 fully saturated rings. The van der Waals surface area contributed by atoms with Gasteiger partial charge in [-0.25, -0.2) is 4.79 Å². The van der Waals surface area contributed by atoms with Crippen LogP contribution < -0.4 is 20.7 Å². The Bertz CT molecular complexity index is 1100. The Morgan fingerprint density at radius 3 is 2.19 bits per heavy atom. The molecule has 3 N–H and O–H groups in total. The van der Waals surface area contributed by atoms with Crippen molar-refractivity contribution >= 4 is 67.4 Å². The minimum absolute atomic E-state index is 0.208. The minimum atomic E-state index is -0.864. The van der Waals surface area contributed by atoms with Crippen LogP contribution in [-0.4, -0.2) is 30.4 Å². The lowest BCUT2D eigenvalue weighted by Gasteiger charge is -2.15. The van der Waals surface area contributed by atoms with Crippen LogP contribution in [0.4, 0.5) is 10.5 Å². The van der Waals surface area contributed by atoms with Crippen LogP contribution in [-0.2, 0) is 14.4 Å². The van der Waals surface area contributed by atoms with Gasteiger partial charge in [0.25, 0.3) is 17.7 Å². The molecule has 0 saturated carbocycles. The molecule has 0 aromatic heterocycles. The third kappa shape index (κ3) is 5.59. The summed E-state index contributed by atoms with van der Waals surface area (Å²) in [6.07, 6.45) is 1.34. The number of barbiturate groups is 1. The van der Waals surface area contributed by atoms with E-state index < -0.39 is 17.8 Å². The van der Waals surface area contributed by atoms with Crippen molar-refractivity contribution in [3.8, 4) is 5.75 Å². The number of halogens is 2. The summed E-state index contributed by atoms with van der Waals surface area (Å²) >= 11 is 6.73. The number of hydrogen-bond donors (Lipinski definition) is 3. The first-order valence-electron chi connectivity index (χ1n) is 9.01. The Kier molecular flexibility index (Phi) is 6.91. The number of aryl methyl sites for hydroxylation is 2. The fourth-order valence-corrected chi connectivity index (χ4v) is 4.18. The summed E-state index contributed by atoms with van der Waals surface area (Å²) < 4.78 is 6.63. The molecule has 0 bridgehead atoms. The van der Waals surface area contributed by atoms with Crippen LogP contribution >= 0.6 is 31.9 Å². The van der Waals surface area contributed by atoms with Crippen molar-refractivity contribution in [3.05, 3.63) is 61.5 Å². The van der Waals surface area contributed by atoms with E-state index in [1.807, 2.05) is 42.7 Å². The zero-order valence-electron chi connectivity index (χ0n) is 16.5. The highest BCUT2D eigenvalue weighted by atomic mass is 79.9. The SMILES string of the molecule is Cc1ccc(NC(=O)COc2c(Br)cc(C=C3C(=O)NC(=O)NC3=O)cc2Br)cc1C. The highest BCUT2D eigenvalue weighted by molar-refractivity contribution is 9.11. The monoisotopic (exact) mass is 549 g/mol. The Morgan fingerprint density at radius 2 is 1.61 bits per heavy atom. The summed E-state index contributed by atoms with van der Waals surface area (Å²) in [5.41, 5.74) is 3.17. The first kappa shape index (κ1) is 22.7. The molecule has 0 atom stereocenters. The van der Waals surface area contributed by atoms with E-state index in [0.29, 0.717) is 25.9 Å². The first-order valence-corrected chi connectivity index (χ1v) is 10.6. The number of carbonyl (C=O) groups excluding carboxylic acids is 4. The number of nitrogens with one attached hydrogen (secondary N) is 3. The van der Waals surface area contributed by atoms with Crippen molar-refractivity contribution in [1.29, 1.82) is 0 Å². The molecule has 0 unspecified atom stereocenters. The van der Waals surface area contributed by atoms with Gasteiger partial charge in [0.15, 0.2) is 6.61 Å². The standard InChI is InChI=1S/C21H17Br2N3O5/c1-10-3-4-13(5-11(10)2)24-17(27)9-31-18-15(22)7-12(8-16(18)23)6-14-19(28)25-21(30)26-20(14)29/h3-8H,9H2,1-2H3,(H,24,27)(H2,25,26,28,29,30). The number of imide groups is 2.